The Kier molecular flexibility index (Phi) is 4.25. The molecule has 0 heterocycles. The molecule has 0 aliphatic carbocycles. The number of hydrogen-bond donors (Lipinski definition) is 2. The number of carboxylic acids is 1. The number of ether oxygens (including phenoxy) is 1. The third-order valence-electron chi connectivity index (χ3n) is 3.10. The maximum atomic E-state index is 11.0. The first-order valence-corrected chi connectivity index (χ1v) is 6.31. The van der Waals surface area contributed by atoms with Gasteiger partial charge in [-0.3, -0.25) is 0 Å². The Morgan fingerprint density at radius 3 is 2.75 bits per heavy atom. The molecule has 0 atom stereocenters. The van der Waals surface area contributed by atoms with E-state index in [2.05, 4.69) is 5.32 Å². The van der Waals surface area contributed by atoms with E-state index in [9.17, 15) is 4.79 Å². The van der Waals surface area contributed by atoms with E-state index in [1.54, 1.807) is 25.3 Å². The number of hydrogen-bond acceptors (Lipinski definition) is 3. The van der Waals surface area contributed by atoms with Gasteiger partial charge in [-0.25, -0.2) is 4.79 Å². The minimum absolute atomic E-state index is 0.281. The summed E-state index contributed by atoms with van der Waals surface area (Å²) in [5.74, 6) is -0.116. The van der Waals surface area contributed by atoms with E-state index in [1.165, 1.54) is 0 Å². The van der Waals surface area contributed by atoms with E-state index in [1.807, 2.05) is 31.2 Å². The first kappa shape index (κ1) is 13.9. The van der Waals surface area contributed by atoms with Crippen LogP contribution in [-0.2, 0) is 6.54 Å². The molecule has 4 heteroatoms. The Labute approximate surface area is 118 Å². The molecule has 2 aromatic carbocycles. The van der Waals surface area contributed by atoms with E-state index in [0.717, 1.165) is 22.6 Å². The number of carboxylic acid groups (broad SMARTS) is 1. The van der Waals surface area contributed by atoms with Gasteiger partial charge in [0.2, 0.25) is 0 Å². The van der Waals surface area contributed by atoms with E-state index in [4.69, 9.17) is 9.84 Å². The SMILES string of the molecule is COc1cccc(CNc2cc(C(=O)O)ccc2C)c1. The van der Waals surface area contributed by atoms with E-state index in [0.29, 0.717) is 6.54 Å². The molecule has 0 amide bonds. The average Bonchev–Trinajstić information content (AvgIpc) is 2.46. The molecule has 0 saturated carbocycles. The van der Waals surface area contributed by atoms with Crippen molar-refractivity contribution in [1.82, 2.24) is 0 Å². The molecule has 0 spiro atoms. The summed E-state index contributed by atoms with van der Waals surface area (Å²) in [6, 6.07) is 12.8. The van der Waals surface area contributed by atoms with Gasteiger partial charge >= 0.3 is 5.97 Å². The minimum Gasteiger partial charge on any atom is -0.497 e. The van der Waals surface area contributed by atoms with Crippen LogP contribution in [0.3, 0.4) is 0 Å². The van der Waals surface area contributed by atoms with Gasteiger partial charge in [-0.05, 0) is 42.3 Å². The standard InChI is InChI=1S/C16H17NO3/c1-11-6-7-13(16(18)19)9-15(11)17-10-12-4-3-5-14(8-12)20-2/h3-9,17H,10H2,1-2H3,(H,18,19). The second kappa shape index (κ2) is 6.10. The van der Waals surface area contributed by atoms with Crippen molar-refractivity contribution in [2.24, 2.45) is 0 Å². The lowest BCUT2D eigenvalue weighted by atomic mass is 10.1. The molecule has 0 aliphatic heterocycles. The van der Waals surface area contributed by atoms with Crippen LogP contribution in [0, 0.1) is 6.92 Å². The zero-order valence-corrected chi connectivity index (χ0v) is 11.5. The highest BCUT2D eigenvalue weighted by Crippen LogP contribution is 2.19. The third kappa shape index (κ3) is 3.29. The van der Waals surface area contributed by atoms with Gasteiger partial charge in [0.15, 0.2) is 0 Å². The Morgan fingerprint density at radius 2 is 2.05 bits per heavy atom. The quantitative estimate of drug-likeness (QED) is 0.876. The predicted molar refractivity (Wildman–Crippen MR) is 78.5 cm³/mol. The second-order valence-corrected chi connectivity index (χ2v) is 4.54. The highest BCUT2D eigenvalue weighted by molar-refractivity contribution is 5.89. The van der Waals surface area contributed by atoms with Crippen molar-refractivity contribution in [2.75, 3.05) is 12.4 Å². The topological polar surface area (TPSA) is 58.6 Å². The number of rotatable bonds is 5. The smallest absolute Gasteiger partial charge is 0.335 e. The molecule has 20 heavy (non-hydrogen) atoms. The Bertz CT molecular complexity index is 623. The lowest BCUT2D eigenvalue weighted by molar-refractivity contribution is 0.0697. The van der Waals surface area contributed by atoms with Gasteiger partial charge in [-0.2, -0.15) is 0 Å². The van der Waals surface area contributed by atoms with Gasteiger partial charge in [0, 0.05) is 12.2 Å². The van der Waals surface area contributed by atoms with Crippen LogP contribution in [0.2, 0.25) is 0 Å². The number of aromatic carboxylic acids is 1. The summed E-state index contributed by atoms with van der Waals surface area (Å²) in [4.78, 5) is 11.0. The van der Waals surface area contributed by atoms with Crippen LogP contribution in [0.1, 0.15) is 21.5 Å². The molecular weight excluding hydrogens is 254 g/mol. The lowest BCUT2D eigenvalue weighted by Gasteiger charge is -2.11. The largest absolute Gasteiger partial charge is 0.497 e. The van der Waals surface area contributed by atoms with Crippen LogP contribution in [0.15, 0.2) is 42.5 Å². The molecule has 2 aromatic rings. The van der Waals surface area contributed by atoms with Gasteiger partial charge in [0.05, 0.1) is 12.7 Å². The monoisotopic (exact) mass is 271 g/mol. The summed E-state index contributed by atoms with van der Waals surface area (Å²) in [6.45, 7) is 2.56. The van der Waals surface area contributed by atoms with Gasteiger partial charge in [-0.1, -0.05) is 18.2 Å². The number of nitrogens with one attached hydrogen (secondary N) is 1. The molecule has 4 nitrogen and oxygen atoms in total. The van der Waals surface area contributed by atoms with Crippen LogP contribution in [0.25, 0.3) is 0 Å². The maximum absolute atomic E-state index is 11.0. The molecule has 0 aliphatic rings. The Balaban J connectivity index is 2.13. The van der Waals surface area contributed by atoms with Gasteiger partial charge in [-0.15, -0.1) is 0 Å². The molecule has 0 saturated heterocycles. The summed E-state index contributed by atoms with van der Waals surface area (Å²) in [5, 5.41) is 12.3. The van der Waals surface area contributed by atoms with Crippen LogP contribution in [0.4, 0.5) is 5.69 Å². The minimum atomic E-state index is -0.922. The zero-order chi connectivity index (χ0) is 14.5. The fraction of sp³-hybridized carbons (Fsp3) is 0.188. The molecule has 0 unspecified atom stereocenters. The van der Waals surface area contributed by atoms with Crippen molar-refractivity contribution in [3.8, 4) is 5.75 Å². The van der Waals surface area contributed by atoms with Crippen LogP contribution in [-0.4, -0.2) is 18.2 Å². The molecule has 104 valence electrons. The highest BCUT2D eigenvalue weighted by Gasteiger charge is 2.06. The van der Waals surface area contributed by atoms with Gasteiger partial charge in [0.1, 0.15) is 5.75 Å². The number of aryl methyl sites for hydroxylation is 1. The maximum Gasteiger partial charge on any atom is 0.335 e. The first-order valence-electron chi connectivity index (χ1n) is 6.31. The van der Waals surface area contributed by atoms with Crippen molar-refractivity contribution in [1.29, 1.82) is 0 Å². The highest BCUT2D eigenvalue weighted by atomic mass is 16.5. The Hall–Kier alpha value is -2.49. The number of methoxy groups -OCH3 is 1. The zero-order valence-electron chi connectivity index (χ0n) is 11.5. The summed E-state index contributed by atoms with van der Waals surface area (Å²) >= 11 is 0. The average molecular weight is 271 g/mol. The van der Waals surface area contributed by atoms with E-state index in [-0.39, 0.29) is 5.56 Å². The fourth-order valence-electron chi connectivity index (χ4n) is 1.93. The summed E-state index contributed by atoms with van der Waals surface area (Å²) in [6.07, 6.45) is 0. The van der Waals surface area contributed by atoms with Gasteiger partial charge < -0.3 is 15.2 Å². The van der Waals surface area contributed by atoms with Gasteiger partial charge in [0.25, 0.3) is 0 Å². The third-order valence-corrected chi connectivity index (χ3v) is 3.10. The molecule has 0 bridgehead atoms. The normalized spacial score (nSPS) is 10.1. The van der Waals surface area contributed by atoms with Crippen molar-refractivity contribution in [2.45, 2.75) is 13.5 Å². The molecule has 0 radical (unpaired) electrons. The van der Waals surface area contributed by atoms with Crippen LogP contribution in [0.5, 0.6) is 5.75 Å². The van der Waals surface area contributed by atoms with E-state index < -0.39 is 5.97 Å². The first-order chi connectivity index (χ1) is 9.60. The van der Waals surface area contributed by atoms with Crippen molar-refractivity contribution in [3.05, 3.63) is 59.2 Å². The molecule has 2 N–H and O–H groups in total. The molecular formula is C16H17NO3. The van der Waals surface area contributed by atoms with Crippen LogP contribution >= 0.6 is 0 Å². The summed E-state index contributed by atoms with van der Waals surface area (Å²) in [5.41, 5.74) is 3.19. The Morgan fingerprint density at radius 1 is 1.25 bits per heavy atom. The molecule has 2 rings (SSSR count). The summed E-state index contributed by atoms with van der Waals surface area (Å²) in [7, 11) is 1.63. The predicted octanol–water partition coefficient (Wildman–Crippen LogP) is 3.31. The number of carbonyl (C=O) groups is 1. The lowest BCUT2D eigenvalue weighted by Crippen LogP contribution is -2.04. The molecule has 0 aromatic heterocycles. The number of benzene rings is 2. The van der Waals surface area contributed by atoms with Crippen molar-refractivity contribution in [3.63, 3.8) is 0 Å². The summed E-state index contributed by atoms with van der Waals surface area (Å²) < 4.78 is 5.18. The van der Waals surface area contributed by atoms with Crippen molar-refractivity contribution < 1.29 is 14.6 Å². The fourth-order valence-corrected chi connectivity index (χ4v) is 1.93. The van der Waals surface area contributed by atoms with Crippen molar-refractivity contribution >= 4 is 11.7 Å². The molecule has 0 fully saturated rings. The van der Waals surface area contributed by atoms with Crippen LogP contribution < -0.4 is 10.1 Å². The second-order valence-electron chi connectivity index (χ2n) is 4.54. The number of anilines is 1. The van der Waals surface area contributed by atoms with E-state index >= 15 is 0 Å².